The molecule has 130 valence electrons. The number of amides is 1. The highest BCUT2D eigenvalue weighted by molar-refractivity contribution is 5.94. The number of nitrogens with zero attached hydrogens (tertiary/aromatic N) is 4. The number of aromatic nitrogens is 2. The van der Waals surface area contributed by atoms with Crippen LogP contribution in [0.15, 0.2) is 36.7 Å². The van der Waals surface area contributed by atoms with Crippen LogP contribution in [0.5, 0.6) is 0 Å². The number of likely N-dealkylation sites (tertiary alicyclic amines) is 1. The van der Waals surface area contributed by atoms with Crippen LogP contribution >= 0.6 is 0 Å². The Labute approximate surface area is 148 Å². The van der Waals surface area contributed by atoms with Gasteiger partial charge in [-0.1, -0.05) is 0 Å². The molecule has 0 aliphatic carbocycles. The van der Waals surface area contributed by atoms with Gasteiger partial charge in [-0.2, -0.15) is 5.26 Å². The minimum atomic E-state index is -0.0792. The lowest BCUT2D eigenvalue weighted by molar-refractivity contribution is 0.0947. The molecule has 1 unspecified atom stereocenters. The molecule has 0 saturated carbocycles. The van der Waals surface area contributed by atoms with Gasteiger partial charge in [-0.05, 0) is 50.1 Å². The number of rotatable bonds is 6. The third-order valence-electron chi connectivity index (χ3n) is 4.70. The lowest BCUT2D eigenvalue weighted by Gasteiger charge is -2.16. The summed E-state index contributed by atoms with van der Waals surface area (Å²) in [6.45, 7) is 6.61. The van der Waals surface area contributed by atoms with E-state index in [9.17, 15) is 4.79 Å². The number of benzene rings is 1. The third kappa shape index (κ3) is 4.25. The van der Waals surface area contributed by atoms with Crippen molar-refractivity contribution in [1.82, 2.24) is 19.8 Å². The highest BCUT2D eigenvalue weighted by Crippen LogP contribution is 2.18. The summed E-state index contributed by atoms with van der Waals surface area (Å²) in [5, 5.41) is 11.8. The Morgan fingerprint density at radius 1 is 1.40 bits per heavy atom. The van der Waals surface area contributed by atoms with Gasteiger partial charge in [-0.3, -0.25) is 9.69 Å². The predicted molar refractivity (Wildman–Crippen MR) is 94.8 cm³/mol. The predicted octanol–water partition coefficient (Wildman–Crippen LogP) is 2.03. The van der Waals surface area contributed by atoms with Crippen LogP contribution in [-0.4, -0.2) is 40.0 Å². The van der Waals surface area contributed by atoms with Crippen molar-refractivity contribution in [3.05, 3.63) is 53.6 Å². The molecule has 3 rings (SSSR count). The minimum absolute atomic E-state index is 0.0792. The minimum Gasteiger partial charge on any atom is -0.352 e. The Hall–Kier alpha value is -2.65. The lowest BCUT2D eigenvalue weighted by atomic mass is 10.1. The molecule has 2 heterocycles. The number of imidazole rings is 1. The van der Waals surface area contributed by atoms with E-state index in [2.05, 4.69) is 32.8 Å². The highest BCUT2D eigenvalue weighted by Gasteiger charge is 2.24. The van der Waals surface area contributed by atoms with Crippen molar-refractivity contribution in [2.75, 3.05) is 19.6 Å². The second-order valence-corrected chi connectivity index (χ2v) is 6.42. The zero-order chi connectivity index (χ0) is 17.6. The molecule has 0 radical (unpaired) electrons. The van der Waals surface area contributed by atoms with Gasteiger partial charge in [-0.25, -0.2) is 4.98 Å². The number of aryl methyl sites for hydroxylation is 1. The number of nitriles is 1. The molecule has 1 aliphatic heterocycles. The van der Waals surface area contributed by atoms with Crippen LogP contribution in [0.25, 0.3) is 0 Å². The van der Waals surface area contributed by atoms with E-state index in [-0.39, 0.29) is 5.91 Å². The zero-order valence-corrected chi connectivity index (χ0v) is 14.5. The van der Waals surface area contributed by atoms with Crippen molar-refractivity contribution in [2.45, 2.75) is 26.4 Å². The molecule has 6 nitrogen and oxygen atoms in total. The summed E-state index contributed by atoms with van der Waals surface area (Å²) in [5.74, 6) is 1.49. The van der Waals surface area contributed by atoms with E-state index in [1.165, 1.54) is 0 Å². The number of nitrogens with one attached hydrogen (secondary N) is 1. The van der Waals surface area contributed by atoms with E-state index in [1.807, 2.05) is 12.4 Å². The summed E-state index contributed by atoms with van der Waals surface area (Å²) >= 11 is 0. The van der Waals surface area contributed by atoms with E-state index >= 15 is 0 Å². The summed E-state index contributed by atoms with van der Waals surface area (Å²) in [5.41, 5.74) is 1.16. The van der Waals surface area contributed by atoms with E-state index in [0.717, 1.165) is 38.4 Å². The summed E-state index contributed by atoms with van der Waals surface area (Å²) in [7, 11) is 0. The first-order valence-corrected chi connectivity index (χ1v) is 8.70. The third-order valence-corrected chi connectivity index (χ3v) is 4.70. The van der Waals surface area contributed by atoms with E-state index < -0.39 is 0 Å². The highest BCUT2D eigenvalue weighted by atomic mass is 16.1. The van der Waals surface area contributed by atoms with Crippen LogP contribution in [0, 0.1) is 17.2 Å². The molecule has 1 fully saturated rings. The molecular formula is C19H23N5O. The Kier molecular flexibility index (Phi) is 5.46. The monoisotopic (exact) mass is 337 g/mol. The molecule has 1 atom stereocenters. The topological polar surface area (TPSA) is 74.0 Å². The van der Waals surface area contributed by atoms with Gasteiger partial charge >= 0.3 is 0 Å². The molecule has 1 aromatic carbocycles. The molecular weight excluding hydrogens is 314 g/mol. The fraction of sp³-hybridized carbons (Fsp3) is 0.421. The van der Waals surface area contributed by atoms with Gasteiger partial charge in [-0.15, -0.1) is 0 Å². The fourth-order valence-electron chi connectivity index (χ4n) is 3.24. The molecule has 6 heteroatoms. The Balaban J connectivity index is 1.46. The van der Waals surface area contributed by atoms with Crippen LogP contribution in [0.3, 0.4) is 0 Å². The SMILES string of the molecule is CCn1ccnc1CN1CCC(CNC(=O)c2ccc(C#N)cc2)C1. The maximum atomic E-state index is 12.2. The quantitative estimate of drug-likeness (QED) is 0.875. The second-order valence-electron chi connectivity index (χ2n) is 6.42. The number of carbonyl (C=O) groups is 1. The smallest absolute Gasteiger partial charge is 0.251 e. The van der Waals surface area contributed by atoms with Gasteiger partial charge in [0.05, 0.1) is 18.2 Å². The maximum Gasteiger partial charge on any atom is 0.251 e. The standard InChI is InChI=1S/C19H23N5O/c1-2-24-10-8-21-18(24)14-23-9-7-16(13-23)12-22-19(25)17-5-3-15(11-20)4-6-17/h3-6,8,10,16H,2,7,9,12-14H2,1H3,(H,22,25). The summed E-state index contributed by atoms with van der Waals surface area (Å²) in [6.07, 6.45) is 4.95. The normalized spacial score (nSPS) is 17.4. The number of carbonyl (C=O) groups excluding carboxylic acids is 1. The average molecular weight is 337 g/mol. The van der Waals surface area contributed by atoms with Crippen LogP contribution in [-0.2, 0) is 13.1 Å². The molecule has 1 aromatic heterocycles. The molecule has 0 bridgehead atoms. The average Bonchev–Trinajstić information content (AvgIpc) is 3.29. The molecule has 1 amide bonds. The van der Waals surface area contributed by atoms with Crippen LogP contribution in [0.2, 0.25) is 0 Å². The first-order chi connectivity index (χ1) is 12.2. The second kappa shape index (κ2) is 7.95. The fourth-order valence-corrected chi connectivity index (χ4v) is 3.24. The lowest BCUT2D eigenvalue weighted by Crippen LogP contribution is -2.31. The Morgan fingerprint density at radius 3 is 2.92 bits per heavy atom. The summed E-state index contributed by atoms with van der Waals surface area (Å²) in [4.78, 5) is 19.0. The van der Waals surface area contributed by atoms with Crippen molar-refractivity contribution in [1.29, 1.82) is 5.26 Å². The van der Waals surface area contributed by atoms with Crippen molar-refractivity contribution in [3.8, 4) is 6.07 Å². The Bertz CT molecular complexity index is 759. The van der Waals surface area contributed by atoms with Gasteiger partial charge in [0.1, 0.15) is 5.82 Å². The Morgan fingerprint density at radius 2 is 2.20 bits per heavy atom. The molecule has 1 saturated heterocycles. The van der Waals surface area contributed by atoms with Crippen molar-refractivity contribution >= 4 is 5.91 Å². The van der Waals surface area contributed by atoms with Crippen molar-refractivity contribution in [3.63, 3.8) is 0 Å². The largest absolute Gasteiger partial charge is 0.352 e. The molecule has 1 aliphatic rings. The van der Waals surface area contributed by atoms with Crippen LogP contribution in [0.1, 0.15) is 35.1 Å². The maximum absolute atomic E-state index is 12.2. The van der Waals surface area contributed by atoms with Gasteiger partial charge in [0.2, 0.25) is 0 Å². The molecule has 25 heavy (non-hydrogen) atoms. The summed E-state index contributed by atoms with van der Waals surface area (Å²) in [6, 6.07) is 8.78. The van der Waals surface area contributed by atoms with Crippen molar-refractivity contribution < 1.29 is 4.79 Å². The van der Waals surface area contributed by atoms with Gasteiger partial charge in [0, 0.05) is 37.6 Å². The first kappa shape index (κ1) is 17.2. The molecule has 0 spiro atoms. The number of hydrogen-bond donors (Lipinski definition) is 1. The first-order valence-electron chi connectivity index (χ1n) is 8.70. The van der Waals surface area contributed by atoms with Gasteiger partial charge < -0.3 is 9.88 Å². The van der Waals surface area contributed by atoms with Crippen LogP contribution in [0.4, 0.5) is 0 Å². The van der Waals surface area contributed by atoms with E-state index in [0.29, 0.717) is 23.6 Å². The van der Waals surface area contributed by atoms with Gasteiger partial charge in [0.25, 0.3) is 5.91 Å². The van der Waals surface area contributed by atoms with Crippen LogP contribution < -0.4 is 5.32 Å². The molecule has 1 N–H and O–H groups in total. The van der Waals surface area contributed by atoms with Gasteiger partial charge in [0.15, 0.2) is 0 Å². The molecule has 2 aromatic rings. The zero-order valence-electron chi connectivity index (χ0n) is 14.5. The van der Waals surface area contributed by atoms with E-state index in [1.54, 1.807) is 24.3 Å². The van der Waals surface area contributed by atoms with E-state index in [4.69, 9.17) is 5.26 Å². The summed E-state index contributed by atoms with van der Waals surface area (Å²) < 4.78 is 2.17. The number of hydrogen-bond acceptors (Lipinski definition) is 4. The van der Waals surface area contributed by atoms with Crippen molar-refractivity contribution in [2.24, 2.45) is 5.92 Å².